The highest BCUT2D eigenvalue weighted by Gasteiger charge is 2.29. The largest absolute Gasteiger partial charge is 0.346 e. The van der Waals surface area contributed by atoms with Crippen molar-refractivity contribution < 1.29 is 4.79 Å². The molecular weight excluding hydrogens is 362 g/mol. The maximum Gasteiger partial charge on any atom is 0.267 e. The molecule has 0 saturated heterocycles. The predicted octanol–water partition coefficient (Wildman–Crippen LogP) is 5.25. The number of carbonyl (C=O) groups excluding carboxylic acids is 1. The maximum atomic E-state index is 12.6. The fourth-order valence-electron chi connectivity index (χ4n) is 3.08. The van der Waals surface area contributed by atoms with Gasteiger partial charge in [-0.25, -0.2) is 0 Å². The number of nitrogens with one attached hydrogen (secondary N) is 2. The first-order valence-corrected chi connectivity index (χ1v) is 9.75. The Bertz CT molecular complexity index is 1000. The monoisotopic (exact) mass is 381 g/mol. The van der Waals surface area contributed by atoms with Gasteiger partial charge in [0.05, 0.1) is 0 Å². The third-order valence-corrected chi connectivity index (χ3v) is 5.90. The summed E-state index contributed by atoms with van der Waals surface area (Å²) in [4.78, 5) is 13.3. The summed E-state index contributed by atoms with van der Waals surface area (Å²) in [7, 11) is 0. The van der Waals surface area contributed by atoms with Crippen molar-refractivity contribution in [2.45, 2.75) is 25.9 Å². The Labute approximate surface area is 161 Å². The lowest BCUT2D eigenvalue weighted by atomic mass is 10.0. The number of benzene rings is 2. The fraction of sp³-hybridized carbons (Fsp3) is 0.200. The number of nitrogens with zero attached hydrogens (tertiary/aromatic N) is 1. The second-order valence-corrected chi connectivity index (χ2v) is 8.23. The van der Waals surface area contributed by atoms with E-state index in [0.717, 1.165) is 17.1 Å². The van der Waals surface area contributed by atoms with Crippen LogP contribution >= 0.6 is 23.6 Å². The minimum atomic E-state index is -0.282. The second kappa shape index (κ2) is 6.70. The first-order chi connectivity index (χ1) is 12.5. The van der Waals surface area contributed by atoms with Gasteiger partial charge in [0.25, 0.3) is 5.91 Å². The highest BCUT2D eigenvalue weighted by molar-refractivity contribution is 7.73. The Balaban J connectivity index is 1.74. The van der Waals surface area contributed by atoms with Gasteiger partial charge in [-0.15, -0.1) is 0 Å². The van der Waals surface area contributed by atoms with Gasteiger partial charge >= 0.3 is 0 Å². The molecule has 1 amide bonds. The lowest BCUT2D eigenvalue weighted by Crippen LogP contribution is -2.38. The fourth-order valence-corrected chi connectivity index (χ4v) is 4.39. The smallest absolute Gasteiger partial charge is 0.267 e. The summed E-state index contributed by atoms with van der Waals surface area (Å²) in [5.74, 6) is 1.14. The molecule has 3 aromatic rings. The quantitative estimate of drug-likeness (QED) is 0.610. The van der Waals surface area contributed by atoms with Crippen LogP contribution in [0.4, 0.5) is 5.82 Å². The third-order valence-electron chi connectivity index (χ3n) is 4.52. The number of hydrogen-bond acceptors (Lipinski definition) is 4. The summed E-state index contributed by atoms with van der Waals surface area (Å²) in [6, 6.07) is 18.2. The zero-order valence-electron chi connectivity index (χ0n) is 14.5. The summed E-state index contributed by atoms with van der Waals surface area (Å²) in [5, 5.41) is 6.49. The Hall–Kier alpha value is -2.44. The molecule has 0 radical (unpaired) electrons. The van der Waals surface area contributed by atoms with Gasteiger partial charge in [0.2, 0.25) is 0 Å². The van der Waals surface area contributed by atoms with E-state index in [4.69, 9.17) is 12.2 Å². The maximum absolute atomic E-state index is 12.6. The minimum absolute atomic E-state index is 0.0949. The van der Waals surface area contributed by atoms with E-state index in [1.165, 1.54) is 16.9 Å². The van der Waals surface area contributed by atoms with Gasteiger partial charge in [-0.3, -0.25) is 9.36 Å². The summed E-state index contributed by atoms with van der Waals surface area (Å²) in [6.45, 7) is 4.34. The van der Waals surface area contributed by atoms with E-state index in [1.54, 1.807) is 0 Å². The zero-order valence-corrected chi connectivity index (χ0v) is 16.2. The zero-order chi connectivity index (χ0) is 18.3. The molecule has 0 spiro atoms. The summed E-state index contributed by atoms with van der Waals surface area (Å²) < 4.78 is 2.59. The molecule has 4 nitrogen and oxygen atoms in total. The van der Waals surface area contributed by atoms with Crippen molar-refractivity contribution in [3.63, 3.8) is 0 Å². The van der Waals surface area contributed by atoms with E-state index in [1.807, 2.05) is 34.9 Å². The van der Waals surface area contributed by atoms with Crippen LogP contribution in [0, 0.1) is 3.95 Å². The van der Waals surface area contributed by atoms with Crippen LogP contribution in [0.1, 0.15) is 46.7 Å². The van der Waals surface area contributed by atoms with Gasteiger partial charge in [-0.1, -0.05) is 67.6 Å². The normalized spacial score (nSPS) is 16.1. The van der Waals surface area contributed by atoms with Gasteiger partial charge in [-0.2, -0.15) is 0 Å². The number of carbonyl (C=O) groups is 1. The molecule has 1 aliphatic heterocycles. The van der Waals surface area contributed by atoms with Crippen molar-refractivity contribution in [2.75, 3.05) is 5.32 Å². The molecule has 0 aliphatic carbocycles. The van der Waals surface area contributed by atoms with Crippen LogP contribution in [0.3, 0.4) is 0 Å². The number of amides is 1. The first-order valence-electron chi connectivity index (χ1n) is 8.53. The molecule has 1 aromatic heterocycles. The number of para-hydroxylation sites is 1. The van der Waals surface area contributed by atoms with Gasteiger partial charge in [0.15, 0.2) is 3.95 Å². The molecule has 2 N–H and O–H groups in total. The highest BCUT2D eigenvalue weighted by atomic mass is 32.1. The summed E-state index contributed by atoms with van der Waals surface area (Å²) in [5.41, 5.74) is 3.25. The Morgan fingerprint density at radius 3 is 2.38 bits per heavy atom. The first kappa shape index (κ1) is 17.0. The highest BCUT2D eigenvalue weighted by Crippen LogP contribution is 2.34. The molecule has 0 fully saturated rings. The molecule has 6 heteroatoms. The molecule has 0 saturated carbocycles. The van der Waals surface area contributed by atoms with Crippen LogP contribution in [0.15, 0.2) is 54.6 Å². The number of anilines is 1. The van der Waals surface area contributed by atoms with Gasteiger partial charge in [0.1, 0.15) is 16.9 Å². The Kier molecular flexibility index (Phi) is 4.38. The molecule has 2 heterocycles. The third kappa shape index (κ3) is 2.95. The summed E-state index contributed by atoms with van der Waals surface area (Å²) in [6.07, 6.45) is -0.282. The van der Waals surface area contributed by atoms with Crippen molar-refractivity contribution in [1.82, 2.24) is 9.88 Å². The molecule has 1 aliphatic rings. The number of fused-ring (bicyclic) bond motifs is 1. The minimum Gasteiger partial charge on any atom is -0.346 e. The number of aromatic nitrogens is 1. The number of rotatable bonds is 3. The molecule has 26 heavy (non-hydrogen) atoms. The predicted molar refractivity (Wildman–Crippen MR) is 109 cm³/mol. The summed E-state index contributed by atoms with van der Waals surface area (Å²) >= 11 is 6.84. The van der Waals surface area contributed by atoms with Crippen LogP contribution in [0.25, 0.3) is 5.69 Å². The molecular formula is C20H19N3OS2. The number of hydrogen-bond donors (Lipinski definition) is 2. The standard InChI is InChI=1S/C20H19N3OS2/c1-12(2)13-8-10-14(11-9-13)17-21-18-16(19(24)22-17)26-20(25)23(18)15-6-4-3-5-7-15/h3-12,17,21H,1-2H3,(H,22,24)/t17-/m0/s1. The average Bonchev–Trinajstić information content (AvgIpc) is 2.99. The van der Waals surface area contributed by atoms with Gasteiger partial charge in [-0.05, 0) is 41.4 Å². The average molecular weight is 382 g/mol. The van der Waals surface area contributed by atoms with E-state index < -0.39 is 0 Å². The van der Waals surface area contributed by atoms with Gasteiger partial charge < -0.3 is 10.6 Å². The Morgan fingerprint density at radius 1 is 1.04 bits per heavy atom. The topological polar surface area (TPSA) is 46.1 Å². The van der Waals surface area contributed by atoms with Crippen LogP contribution in [-0.4, -0.2) is 10.5 Å². The van der Waals surface area contributed by atoms with Crippen LogP contribution < -0.4 is 10.6 Å². The Morgan fingerprint density at radius 2 is 1.73 bits per heavy atom. The van der Waals surface area contributed by atoms with Crippen LogP contribution in [-0.2, 0) is 0 Å². The van der Waals surface area contributed by atoms with E-state index in [2.05, 4.69) is 48.7 Å². The molecule has 132 valence electrons. The van der Waals surface area contributed by atoms with Crippen molar-refractivity contribution >= 4 is 35.3 Å². The van der Waals surface area contributed by atoms with Crippen LogP contribution in [0.2, 0.25) is 0 Å². The molecule has 2 aromatic carbocycles. The van der Waals surface area contributed by atoms with E-state index in [9.17, 15) is 4.79 Å². The molecule has 1 atom stereocenters. The van der Waals surface area contributed by atoms with Gasteiger partial charge in [0, 0.05) is 5.69 Å². The molecule has 0 bridgehead atoms. The van der Waals surface area contributed by atoms with E-state index >= 15 is 0 Å². The van der Waals surface area contributed by atoms with Crippen molar-refractivity contribution in [2.24, 2.45) is 0 Å². The second-order valence-electron chi connectivity index (χ2n) is 6.59. The van der Waals surface area contributed by atoms with E-state index in [0.29, 0.717) is 14.7 Å². The SMILES string of the molecule is CC(C)c1ccc([C@@H]2NC(=O)c3sc(=S)n(-c4ccccc4)c3N2)cc1. The van der Waals surface area contributed by atoms with E-state index in [-0.39, 0.29) is 12.1 Å². The molecule has 4 rings (SSSR count). The lowest BCUT2D eigenvalue weighted by molar-refractivity contribution is 0.0939. The van der Waals surface area contributed by atoms with Crippen molar-refractivity contribution in [3.05, 3.63) is 74.6 Å². The van der Waals surface area contributed by atoms with Crippen molar-refractivity contribution in [1.29, 1.82) is 0 Å². The lowest BCUT2D eigenvalue weighted by Gasteiger charge is -2.27. The van der Waals surface area contributed by atoms with Crippen LogP contribution in [0.5, 0.6) is 0 Å². The molecule has 0 unspecified atom stereocenters. The van der Waals surface area contributed by atoms with Crippen molar-refractivity contribution in [3.8, 4) is 5.69 Å². The number of thiazole rings is 1.